The van der Waals surface area contributed by atoms with Crippen LogP contribution in [-0.4, -0.2) is 29.0 Å². The van der Waals surface area contributed by atoms with Crippen molar-refractivity contribution < 1.29 is 9.84 Å². The van der Waals surface area contributed by atoms with E-state index >= 15 is 0 Å². The first-order valence-electron chi connectivity index (χ1n) is 12.6. The van der Waals surface area contributed by atoms with E-state index in [1.807, 2.05) is 18.7 Å². The highest BCUT2D eigenvalue weighted by Crippen LogP contribution is 2.20. The summed E-state index contributed by atoms with van der Waals surface area (Å²) in [7, 11) is 0. The van der Waals surface area contributed by atoms with Crippen LogP contribution in [0.25, 0.3) is 0 Å². The predicted octanol–water partition coefficient (Wildman–Crippen LogP) is 8.50. The van der Waals surface area contributed by atoms with Gasteiger partial charge in [0.25, 0.3) is 0 Å². The molecule has 0 fully saturated rings. The van der Waals surface area contributed by atoms with E-state index in [1.165, 1.54) is 109 Å². The summed E-state index contributed by atoms with van der Waals surface area (Å²) in [6, 6.07) is 0. The van der Waals surface area contributed by atoms with Gasteiger partial charge in [-0.15, -0.1) is 11.8 Å². The largest absolute Gasteiger partial charge is 0.390 e. The Morgan fingerprint density at radius 2 is 1.00 bits per heavy atom. The third-order valence-electron chi connectivity index (χ3n) is 5.45. The summed E-state index contributed by atoms with van der Waals surface area (Å²) in [6.45, 7) is 7.21. The van der Waals surface area contributed by atoms with Crippen LogP contribution in [0.5, 0.6) is 0 Å². The quantitative estimate of drug-likeness (QED) is 0.134. The standard InChI is InChI=1S/C25H52O2S/c1-4-6-8-10-12-14-15-17-19-21-23-28-25(24(3)26)27-22-20-18-16-13-11-9-7-5-2/h24-26H,4-23H2,1-3H3. The molecule has 0 rings (SSSR count). The maximum absolute atomic E-state index is 9.95. The van der Waals surface area contributed by atoms with Gasteiger partial charge in [0.05, 0.1) is 6.10 Å². The lowest BCUT2D eigenvalue weighted by molar-refractivity contribution is 0.0218. The number of rotatable bonds is 23. The Hall–Kier alpha value is 0.270. The summed E-state index contributed by atoms with van der Waals surface area (Å²) in [5, 5.41) is 9.95. The molecule has 0 aromatic heterocycles. The van der Waals surface area contributed by atoms with Gasteiger partial charge < -0.3 is 9.84 Å². The minimum Gasteiger partial charge on any atom is -0.390 e. The normalized spacial score (nSPS) is 13.7. The van der Waals surface area contributed by atoms with Crippen LogP contribution >= 0.6 is 11.8 Å². The zero-order valence-electron chi connectivity index (χ0n) is 19.6. The third-order valence-corrected chi connectivity index (χ3v) is 6.84. The molecule has 0 saturated carbocycles. The summed E-state index contributed by atoms with van der Waals surface area (Å²) in [5.41, 5.74) is -0.0388. The van der Waals surface area contributed by atoms with E-state index in [-0.39, 0.29) is 11.5 Å². The fourth-order valence-corrected chi connectivity index (χ4v) is 4.63. The van der Waals surface area contributed by atoms with Crippen LogP contribution in [0, 0.1) is 0 Å². The van der Waals surface area contributed by atoms with Crippen LogP contribution in [-0.2, 0) is 4.74 Å². The summed E-state index contributed by atoms with van der Waals surface area (Å²) in [4.78, 5) is 0. The van der Waals surface area contributed by atoms with E-state index in [0.29, 0.717) is 0 Å². The van der Waals surface area contributed by atoms with E-state index in [4.69, 9.17) is 4.74 Å². The third kappa shape index (κ3) is 21.0. The van der Waals surface area contributed by atoms with E-state index in [0.717, 1.165) is 18.8 Å². The van der Waals surface area contributed by atoms with Crippen LogP contribution in [0.3, 0.4) is 0 Å². The molecule has 0 amide bonds. The lowest BCUT2D eigenvalue weighted by atomic mass is 10.1. The Kier molecular flexibility index (Phi) is 23.8. The van der Waals surface area contributed by atoms with Crippen molar-refractivity contribution in [1.82, 2.24) is 0 Å². The van der Waals surface area contributed by atoms with Crippen molar-refractivity contribution in [3.05, 3.63) is 0 Å². The van der Waals surface area contributed by atoms with Gasteiger partial charge in [-0.25, -0.2) is 0 Å². The number of unbranched alkanes of at least 4 members (excludes halogenated alkanes) is 16. The lowest BCUT2D eigenvalue weighted by Gasteiger charge is -2.20. The van der Waals surface area contributed by atoms with Crippen molar-refractivity contribution in [3.63, 3.8) is 0 Å². The number of ether oxygens (including phenoxy) is 1. The second-order valence-electron chi connectivity index (χ2n) is 8.51. The fourth-order valence-electron chi connectivity index (χ4n) is 3.55. The van der Waals surface area contributed by atoms with Gasteiger partial charge in [0.15, 0.2) is 0 Å². The summed E-state index contributed by atoms with van der Waals surface area (Å²) in [6.07, 6.45) is 24.0. The molecule has 0 aliphatic rings. The molecule has 170 valence electrons. The van der Waals surface area contributed by atoms with Gasteiger partial charge in [0.2, 0.25) is 0 Å². The Balaban J connectivity index is 3.43. The molecule has 0 aromatic rings. The molecule has 0 aliphatic heterocycles. The summed E-state index contributed by atoms with van der Waals surface area (Å²) in [5.74, 6) is 1.11. The van der Waals surface area contributed by atoms with E-state index in [9.17, 15) is 5.11 Å². The van der Waals surface area contributed by atoms with Gasteiger partial charge in [-0.05, 0) is 25.5 Å². The Morgan fingerprint density at radius 1 is 0.607 bits per heavy atom. The first kappa shape index (κ1) is 28.3. The molecule has 2 unspecified atom stereocenters. The van der Waals surface area contributed by atoms with Crippen molar-refractivity contribution >= 4 is 11.8 Å². The van der Waals surface area contributed by atoms with Crippen molar-refractivity contribution in [2.24, 2.45) is 0 Å². The van der Waals surface area contributed by atoms with E-state index < -0.39 is 0 Å². The smallest absolute Gasteiger partial charge is 0.128 e. The van der Waals surface area contributed by atoms with Crippen molar-refractivity contribution in [2.45, 2.75) is 148 Å². The van der Waals surface area contributed by atoms with Gasteiger partial charge in [0, 0.05) is 6.61 Å². The maximum Gasteiger partial charge on any atom is 0.128 e. The number of aliphatic hydroxyl groups is 1. The zero-order valence-corrected chi connectivity index (χ0v) is 20.4. The molecular formula is C25H52O2S. The molecule has 1 N–H and O–H groups in total. The molecule has 0 radical (unpaired) electrons. The van der Waals surface area contributed by atoms with Crippen molar-refractivity contribution in [2.75, 3.05) is 12.4 Å². The predicted molar refractivity (Wildman–Crippen MR) is 128 cm³/mol. The average Bonchev–Trinajstić information content (AvgIpc) is 2.68. The molecule has 3 heteroatoms. The number of hydrogen-bond acceptors (Lipinski definition) is 3. The highest BCUT2D eigenvalue weighted by Gasteiger charge is 2.15. The second kappa shape index (κ2) is 23.5. The number of thioether (sulfide) groups is 1. The van der Waals surface area contributed by atoms with Crippen LogP contribution in [0.1, 0.15) is 136 Å². The second-order valence-corrected chi connectivity index (χ2v) is 9.71. The van der Waals surface area contributed by atoms with Gasteiger partial charge in [-0.3, -0.25) is 0 Å². The summed E-state index contributed by atoms with van der Waals surface area (Å²) >= 11 is 1.81. The molecule has 0 aromatic carbocycles. The van der Waals surface area contributed by atoms with Crippen molar-refractivity contribution in [3.8, 4) is 0 Å². The molecule has 0 aliphatic carbocycles. The minimum absolute atomic E-state index is 0.0388. The molecule has 0 heterocycles. The minimum atomic E-state index is -0.373. The SMILES string of the molecule is CCCCCCCCCCCCSC(OCCCCCCCCCC)C(C)O. The lowest BCUT2D eigenvalue weighted by Crippen LogP contribution is -2.24. The average molecular weight is 417 g/mol. The van der Waals surface area contributed by atoms with E-state index in [2.05, 4.69) is 13.8 Å². The first-order chi connectivity index (χ1) is 13.7. The molecule has 0 bridgehead atoms. The highest BCUT2D eigenvalue weighted by molar-refractivity contribution is 7.99. The van der Waals surface area contributed by atoms with E-state index in [1.54, 1.807) is 0 Å². The van der Waals surface area contributed by atoms with Gasteiger partial charge in [0.1, 0.15) is 5.44 Å². The highest BCUT2D eigenvalue weighted by atomic mass is 32.2. The maximum atomic E-state index is 9.95. The monoisotopic (exact) mass is 416 g/mol. The fraction of sp³-hybridized carbons (Fsp3) is 1.00. The topological polar surface area (TPSA) is 29.5 Å². The van der Waals surface area contributed by atoms with Gasteiger partial charge in [-0.2, -0.15) is 0 Å². The van der Waals surface area contributed by atoms with Crippen LogP contribution in [0.2, 0.25) is 0 Å². The molecule has 2 nitrogen and oxygen atoms in total. The Labute approximate surface area is 182 Å². The van der Waals surface area contributed by atoms with Gasteiger partial charge >= 0.3 is 0 Å². The number of hydrogen-bond donors (Lipinski definition) is 1. The van der Waals surface area contributed by atoms with Crippen LogP contribution in [0.4, 0.5) is 0 Å². The van der Waals surface area contributed by atoms with Crippen molar-refractivity contribution in [1.29, 1.82) is 0 Å². The Morgan fingerprint density at radius 3 is 1.43 bits per heavy atom. The first-order valence-corrected chi connectivity index (χ1v) is 13.7. The molecule has 0 spiro atoms. The van der Waals surface area contributed by atoms with Gasteiger partial charge in [-0.1, -0.05) is 117 Å². The molecule has 28 heavy (non-hydrogen) atoms. The molecule has 2 atom stereocenters. The van der Waals surface area contributed by atoms with Crippen LogP contribution < -0.4 is 0 Å². The molecular weight excluding hydrogens is 364 g/mol. The number of aliphatic hydroxyl groups excluding tert-OH is 1. The van der Waals surface area contributed by atoms with Crippen LogP contribution in [0.15, 0.2) is 0 Å². The summed E-state index contributed by atoms with van der Waals surface area (Å²) < 4.78 is 5.95. The molecule has 0 saturated heterocycles. The zero-order chi connectivity index (χ0) is 20.7. The Bertz CT molecular complexity index is 284.